The molecule has 1 saturated heterocycles. The molecule has 104 valence electrons. The number of carbonyl (C=O) groups excluding carboxylic acids is 1. The van der Waals surface area contributed by atoms with Gasteiger partial charge in [-0.25, -0.2) is 4.98 Å². The molecule has 0 saturated carbocycles. The van der Waals surface area contributed by atoms with Crippen molar-refractivity contribution in [2.24, 2.45) is 0 Å². The van der Waals surface area contributed by atoms with Crippen LogP contribution >= 0.6 is 11.6 Å². The molecule has 0 atom stereocenters. The average Bonchev–Trinajstić information content (AvgIpc) is 2.44. The summed E-state index contributed by atoms with van der Waals surface area (Å²) in [5.41, 5.74) is 0.859. The molecule has 0 unspecified atom stereocenters. The van der Waals surface area contributed by atoms with Crippen LogP contribution in [-0.2, 0) is 9.53 Å². The number of halogens is 1. The van der Waals surface area contributed by atoms with Gasteiger partial charge in [-0.2, -0.15) is 4.98 Å². The van der Waals surface area contributed by atoms with Crippen LogP contribution in [0.4, 0.5) is 5.82 Å². The van der Waals surface area contributed by atoms with Crippen molar-refractivity contribution in [1.82, 2.24) is 9.97 Å². The van der Waals surface area contributed by atoms with Gasteiger partial charge in [-0.1, -0.05) is 6.92 Å². The maximum Gasteiger partial charge on any atom is 0.228 e. The van der Waals surface area contributed by atoms with Gasteiger partial charge in [-0.3, -0.25) is 9.69 Å². The number of amides is 1. The van der Waals surface area contributed by atoms with Crippen molar-refractivity contribution in [1.29, 1.82) is 0 Å². The van der Waals surface area contributed by atoms with Gasteiger partial charge in [0.05, 0.1) is 0 Å². The summed E-state index contributed by atoms with van der Waals surface area (Å²) in [6.45, 7) is 5.10. The van der Waals surface area contributed by atoms with Crippen molar-refractivity contribution < 1.29 is 9.53 Å². The first-order valence-corrected chi connectivity index (χ1v) is 6.90. The summed E-state index contributed by atoms with van der Waals surface area (Å²) in [4.78, 5) is 22.2. The van der Waals surface area contributed by atoms with Gasteiger partial charge in [0.1, 0.15) is 5.82 Å². The van der Waals surface area contributed by atoms with Gasteiger partial charge in [-0.05, 0) is 31.4 Å². The first kappa shape index (κ1) is 14.2. The van der Waals surface area contributed by atoms with Gasteiger partial charge in [0.2, 0.25) is 11.2 Å². The van der Waals surface area contributed by atoms with Crippen LogP contribution in [0, 0.1) is 6.92 Å². The second-order valence-electron chi connectivity index (χ2n) is 4.61. The molecule has 6 heteroatoms. The normalized spacial score (nSPS) is 16.4. The maximum absolute atomic E-state index is 12.3. The lowest BCUT2D eigenvalue weighted by Crippen LogP contribution is -2.44. The largest absolute Gasteiger partial charge is 0.381 e. The van der Waals surface area contributed by atoms with Crippen LogP contribution in [0.3, 0.4) is 0 Å². The SMILES string of the molecule is CCC(=O)N(c1nc(Cl)ncc1C)C1CCOCC1. The number of aromatic nitrogens is 2. The van der Waals surface area contributed by atoms with Crippen molar-refractivity contribution in [2.45, 2.75) is 39.2 Å². The van der Waals surface area contributed by atoms with E-state index in [9.17, 15) is 4.79 Å². The van der Waals surface area contributed by atoms with E-state index in [4.69, 9.17) is 16.3 Å². The highest BCUT2D eigenvalue weighted by molar-refractivity contribution is 6.28. The van der Waals surface area contributed by atoms with Crippen molar-refractivity contribution in [2.75, 3.05) is 18.1 Å². The van der Waals surface area contributed by atoms with Crippen LogP contribution in [-0.4, -0.2) is 35.1 Å². The summed E-state index contributed by atoms with van der Waals surface area (Å²) in [7, 11) is 0. The summed E-state index contributed by atoms with van der Waals surface area (Å²) < 4.78 is 5.36. The molecular weight excluding hydrogens is 266 g/mol. The fourth-order valence-corrected chi connectivity index (χ4v) is 2.39. The maximum atomic E-state index is 12.3. The zero-order valence-electron chi connectivity index (χ0n) is 11.2. The average molecular weight is 284 g/mol. The summed E-state index contributed by atoms with van der Waals surface area (Å²) >= 11 is 5.86. The van der Waals surface area contributed by atoms with Gasteiger partial charge in [0.15, 0.2) is 0 Å². The smallest absolute Gasteiger partial charge is 0.228 e. The Hall–Kier alpha value is -1.20. The molecule has 0 aliphatic carbocycles. The molecule has 1 amide bonds. The molecule has 19 heavy (non-hydrogen) atoms. The molecule has 1 aliphatic heterocycles. The number of hydrogen-bond donors (Lipinski definition) is 0. The lowest BCUT2D eigenvalue weighted by molar-refractivity contribution is -0.119. The lowest BCUT2D eigenvalue weighted by Gasteiger charge is -2.34. The second-order valence-corrected chi connectivity index (χ2v) is 4.94. The van der Waals surface area contributed by atoms with E-state index in [0.29, 0.717) is 25.5 Å². The van der Waals surface area contributed by atoms with Gasteiger partial charge in [-0.15, -0.1) is 0 Å². The number of carbonyl (C=O) groups is 1. The van der Waals surface area contributed by atoms with Crippen LogP contribution < -0.4 is 4.90 Å². The molecule has 5 nitrogen and oxygen atoms in total. The van der Waals surface area contributed by atoms with Gasteiger partial charge in [0.25, 0.3) is 0 Å². The zero-order chi connectivity index (χ0) is 13.8. The van der Waals surface area contributed by atoms with E-state index in [0.717, 1.165) is 18.4 Å². The fraction of sp³-hybridized carbons (Fsp3) is 0.615. The van der Waals surface area contributed by atoms with Crippen molar-refractivity contribution >= 4 is 23.3 Å². The molecule has 1 fully saturated rings. The number of aryl methyl sites for hydroxylation is 1. The molecule has 2 rings (SSSR count). The van der Waals surface area contributed by atoms with E-state index in [1.807, 2.05) is 13.8 Å². The monoisotopic (exact) mass is 283 g/mol. The standard InChI is InChI=1S/C13H18ClN3O2/c1-3-11(18)17(10-4-6-19-7-5-10)12-9(2)8-15-13(14)16-12/h8,10H,3-7H2,1-2H3. The van der Waals surface area contributed by atoms with Crippen LogP contribution in [0.2, 0.25) is 5.28 Å². The molecule has 0 radical (unpaired) electrons. The van der Waals surface area contributed by atoms with Gasteiger partial charge >= 0.3 is 0 Å². The van der Waals surface area contributed by atoms with E-state index < -0.39 is 0 Å². The molecule has 1 aliphatic rings. The predicted octanol–water partition coefficient (Wildman–Crippen LogP) is 2.36. The van der Waals surface area contributed by atoms with Crippen molar-refractivity contribution in [3.63, 3.8) is 0 Å². The highest BCUT2D eigenvalue weighted by Crippen LogP contribution is 2.25. The van der Waals surface area contributed by atoms with Crippen molar-refractivity contribution in [3.8, 4) is 0 Å². The predicted molar refractivity (Wildman–Crippen MR) is 73.4 cm³/mol. The molecule has 0 N–H and O–H groups in total. The van der Waals surface area contributed by atoms with Crippen molar-refractivity contribution in [3.05, 3.63) is 17.0 Å². The molecular formula is C13H18ClN3O2. The number of rotatable bonds is 3. The summed E-state index contributed by atoms with van der Waals surface area (Å²) in [6.07, 6.45) is 3.75. The van der Waals surface area contributed by atoms with E-state index in [-0.39, 0.29) is 17.2 Å². The van der Waals surface area contributed by atoms with E-state index in [1.165, 1.54) is 0 Å². The Labute approximate surface area is 117 Å². The third-order valence-electron chi connectivity index (χ3n) is 3.27. The summed E-state index contributed by atoms with van der Waals surface area (Å²) in [5, 5.41) is 0.168. The van der Waals surface area contributed by atoms with Crippen LogP contribution in [0.25, 0.3) is 0 Å². The van der Waals surface area contributed by atoms with E-state index in [1.54, 1.807) is 11.1 Å². The molecule has 2 heterocycles. The van der Waals surface area contributed by atoms with Gasteiger partial charge in [0, 0.05) is 37.4 Å². The topological polar surface area (TPSA) is 55.3 Å². The number of ether oxygens (including phenoxy) is 1. The Kier molecular flexibility index (Phi) is 4.71. The highest BCUT2D eigenvalue weighted by Gasteiger charge is 2.28. The first-order chi connectivity index (χ1) is 9.13. The summed E-state index contributed by atoms with van der Waals surface area (Å²) in [6, 6.07) is 0.130. The second kappa shape index (κ2) is 6.30. The number of anilines is 1. The highest BCUT2D eigenvalue weighted by atomic mass is 35.5. The van der Waals surface area contributed by atoms with E-state index in [2.05, 4.69) is 9.97 Å². The Balaban J connectivity index is 2.36. The lowest BCUT2D eigenvalue weighted by atomic mass is 10.1. The minimum atomic E-state index is 0.0600. The number of nitrogens with zero attached hydrogens (tertiary/aromatic N) is 3. The molecule has 0 aromatic carbocycles. The third kappa shape index (κ3) is 3.22. The fourth-order valence-electron chi connectivity index (χ4n) is 2.26. The molecule has 0 spiro atoms. The molecule has 1 aromatic heterocycles. The third-order valence-corrected chi connectivity index (χ3v) is 3.45. The van der Waals surface area contributed by atoms with Crippen LogP contribution in [0.1, 0.15) is 31.7 Å². The number of hydrogen-bond acceptors (Lipinski definition) is 4. The van der Waals surface area contributed by atoms with Crippen LogP contribution in [0.5, 0.6) is 0 Å². The molecule has 0 bridgehead atoms. The Morgan fingerprint density at radius 2 is 2.21 bits per heavy atom. The van der Waals surface area contributed by atoms with Gasteiger partial charge < -0.3 is 4.74 Å². The quantitative estimate of drug-likeness (QED) is 0.799. The molecule has 1 aromatic rings. The first-order valence-electron chi connectivity index (χ1n) is 6.52. The Bertz CT molecular complexity index is 461. The van der Waals surface area contributed by atoms with E-state index >= 15 is 0 Å². The van der Waals surface area contributed by atoms with Crippen LogP contribution in [0.15, 0.2) is 6.20 Å². The Morgan fingerprint density at radius 3 is 2.84 bits per heavy atom. The Morgan fingerprint density at radius 1 is 1.53 bits per heavy atom. The zero-order valence-corrected chi connectivity index (χ0v) is 12.0. The minimum absolute atomic E-state index is 0.0600. The summed E-state index contributed by atoms with van der Waals surface area (Å²) in [5.74, 6) is 0.684. The minimum Gasteiger partial charge on any atom is -0.381 e.